The molecule has 110 valence electrons. The van der Waals surface area contributed by atoms with Crippen LogP contribution in [0, 0.1) is 6.92 Å². The van der Waals surface area contributed by atoms with Gasteiger partial charge in [-0.1, -0.05) is 28.1 Å². The number of benzene rings is 1. The summed E-state index contributed by atoms with van der Waals surface area (Å²) in [4.78, 5) is 24.7. The van der Waals surface area contributed by atoms with Crippen molar-refractivity contribution in [1.82, 2.24) is 4.90 Å². The van der Waals surface area contributed by atoms with Crippen molar-refractivity contribution in [2.75, 3.05) is 7.05 Å². The summed E-state index contributed by atoms with van der Waals surface area (Å²) >= 11 is 3.41. The van der Waals surface area contributed by atoms with Gasteiger partial charge in [-0.25, -0.2) is 4.79 Å². The van der Waals surface area contributed by atoms with Crippen molar-refractivity contribution in [2.45, 2.75) is 39.3 Å². The van der Waals surface area contributed by atoms with Crippen LogP contribution in [0.3, 0.4) is 0 Å². The normalized spacial score (nSPS) is 12.7. The molecule has 4 nitrogen and oxygen atoms in total. The van der Waals surface area contributed by atoms with Crippen molar-refractivity contribution in [1.29, 1.82) is 0 Å². The minimum Gasteiger partial charge on any atom is -0.444 e. The SMILES string of the molecule is Cc1cc(C(C=O)N(C)C(=O)OC(C)(C)C)ccc1Br. The molecule has 1 aromatic carbocycles. The van der Waals surface area contributed by atoms with E-state index in [0.29, 0.717) is 0 Å². The third-order valence-corrected chi connectivity index (χ3v) is 3.64. The zero-order valence-electron chi connectivity index (χ0n) is 12.4. The van der Waals surface area contributed by atoms with E-state index in [1.807, 2.05) is 25.1 Å². The van der Waals surface area contributed by atoms with Crippen molar-refractivity contribution in [3.05, 3.63) is 33.8 Å². The van der Waals surface area contributed by atoms with Crippen LogP contribution in [0.15, 0.2) is 22.7 Å². The standard InChI is InChI=1S/C15H20BrNO3/c1-10-8-11(6-7-12(10)16)13(9-18)17(5)14(19)20-15(2,3)4/h6-9,13H,1-5H3. The Kier molecular flexibility index (Phi) is 5.34. The minimum atomic E-state index is -0.656. The highest BCUT2D eigenvalue weighted by atomic mass is 79.9. The number of hydrogen-bond donors (Lipinski definition) is 0. The fraction of sp³-hybridized carbons (Fsp3) is 0.467. The van der Waals surface area contributed by atoms with E-state index in [2.05, 4.69) is 15.9 Å². The first-order valence-corrected chi connectivity index (χ1v) is 7.12. The largest absolute Gasteiger partial charge is 0.444 e. The molecule has 0 aliphatic heterocycles. The van der Waals surface area contributed by atoms with Crippen LogP contribution in [0.4, 0.5) is 4.79 Å². The predicted molar refractivity (Wildman–Crippen MR) is 81.7 cm³/mol. The number of carbonyl (C=O) groups is 2. The Morgan fingerprint density at radius 1 is 1.40 bits per heavy atom. The quantitative estimate of drug-likeness (QED) is 0.784. The maximum Gasteiger partial charge on any atom is 0.410 e. The fourth-order valence-electron chi connectivity index (χ4n) is 1.69. The summed E-state index contributed by atoms with van der Waals surface area (Å²) in [6.45, 7) is 7.30. The second-order valence-electron chi connectivity index (χ2n) is 5.68. The van der Waals surface area contributed by atoms with Crippen LogP contribution in [-0.4, -0.2) is 29.9 Å². The van der Waals surface area contributed by atoms with Crippen molar-refractivity contribution in [3.63, 3.8) is 0 Å². The molecule has 0 radical (unpaired) electrons. The third-order valence-electron chi connectivity index (χ3n) is 2.75. The summed E-state index contributed by atoms with van der Waals surface area (Å²) in [6, 6.07) is 4.90. The second-order valence-corrected chi connectivity index (χ2v) is 6.54. The van der Waals surface area contributed by atoms with Gasteiger partial charge in [0.2, 0.25) is 0 Å². The van der Waals surface area contributed by atoms with Crippen molar-refractivity contribution in [2.24, 2.45) is 0 Å². The summed E-state index contributed by atoms with van der Waals surface area (Å²) in [5.74, 6) is 0. The lowest BCUT2D eigenvalue weighted by Gasteiger charge is -2.28. The highest BCUT2D eigenvalue weighted by Crippen LogP contribution is 2.24. The van der Waals surface area contributed by atoms with E-state index < -0.39 is 17.7 Å². The van der Waals surface area contributed by atoms with Crippen LogP contribution in [-0.2, 0) is 9.53 Å². The third kappa shape index (κ3) is 4.34. The van der Waals surface area contributed by atoms with E-state index in [0.717, 1.165) is 21.9 Å². The summed E-state index contributed by atoms with van der Waals surface area (Å²) in [5, 5.41) is 0. The average Bonchev–Trinajstić information content (AvgIpc) is 2.32. The number of likely N-dealkylation sites (N-methyl/N-ethyl adjacent to an activating group) is 1. The van der Waals surface area contributed by atoms with Crippen molar-refractivity contribution < 1.29 is 14.3 Å². The highest BCUT2D eigenvalue weighted by molar-refractivity contribution is 9.10. The lowest BCUT2D eigenvalue weighted by Crippen LogP contribution is -2.37. The van der Waals surface area contributed by atoms with E-state index in [1.165, 1.54) is 4.90 Å². The molecular formula is C15H20BrNO3. The Hall–Kier alpha value is -1.36. The van der Waals surface area contributed by atoms with Crippen LogP contribution in [0.5, 0.6) is 0 Å². The lowest BCUT2D eigenvalue weighted by molar-refractivity contribution is -0.112. The molecule has 5 heteroatoms. The molecule has 1 atom stereocenters. The van der Waals surface area contributed by atoms with E-state index in [9.17, 15) is 9.59 Å². The molecule has 1 amide bonds. The van der Waals surface area contributed by atoms with E-state index in [4.69, 9.17) is 4.74 Å². The lowest BCUT2D eigenvalue weighted by atomic mass is 10.0. The number of rotatable bonds is 3. The van der Waals surface area contributed by atoms with Gasteiger partial charge >= 0.3 is 6.09 Å². The molecule has 0 heterocycles. The maximum absolute atomic E-state index is 12.0. The molecule has 1 unspecified atom stereocenters. The first-order valence-electron chi connectivity index (χ1n) is 6.33. The van der Waals surface area contributed by atoms with Crippen LogP contribution in [0.2, 0.25) is 0 Å². The van der Waals surface area contributed by atoms with Crippen molar-refractivity contribution in [3.8, 4) is 0 Å². The Balaban J connectivity index is 2.97. The minimum absolute atomic E-state index is 0.518. The molecule has 0 aliphatic rings. The van der Waals surface area contributed by atoms with Crippen LogP contribution in [0.1, 0.15) is 37.9 Å². The molecule has 1 rings (SSSR count). The molecule has 0 saturated heterocycles. The summed E-state index contributed by atoms with van der Waals surface area (Å²) < 4.78 is 6.24. The van der Waals surface area contributed by atoms with Gasteiger partial charge in [-0.2, -0.15) is 0 Å². The fourth-order valence-corrected chi connectivity index (χ4v) is 1.94. The number of carbonyl (C=O) groups excluding carboxylic acids is 2. The number of nitrogens with zero attached hydrogens (tertiary/aromatic N) is 1. The molecule has 0 aromatic heterocycles. The number of halogens is 1. The maximum atomic E-state index is 12.0. The molecule has 0 aliphatic carbocycles. The molecule has 20 heavy (non-hydrogen) atoms. The van der Waals surface area contributed by atoms with Gasteiger partial charge in [-0.3, -0.25) is 4.90 Å². The van der Waals surface area contributed by atoms with Gasteiger partial charge in [0.25, 0.3) is 0 Å². The molecule has 1 aromatic rings. The Bertz CT molecular complexity index is 508. The van der Waals surface area contributed by atoms with Gasteiger partial charge in [-0.15, -0.1) is 0 Å². The molecule has 0 fully saturated rings. The van der Waals surface area contributed by atoms with Gasteiger partial charge in [0.05, 0.1) is 0 Å². The predicted octanol–water partition coefficient (Wildman–Crippen LogP) is 3.86. The number of amides is 1. The first kappa shape index (κ1) is 16.7. The van der Waals surface area contributed by atoms with Crippen LogP contribution >= 0.6 is 15.9 Å². The van der Waals surface area contributed by atoms with Crippen LogP contribution in [0.25, 0.3) is 0 Å². The summed E-state index contributed by atoms with van der Waals surface area (Å²) in [7, 11) is 1.56. The number of hydrogen-bond acceptors (Lipinski definition) is 3. The number of aryl methyl sites for hydroxylation is 1. The molecule has 0 N–H and O–H groups in total. The zero-order chi connectivity index (χ0) is 15.5. The van der Waals surface area contributed by atoms with E-state index in [1.54, 1.807) is 27.8 Å². The van der Waals surface area contributed by atoms with Gasteiger partial charge in [0, 0.05) is 11.5 Å². The topological polar surface area (TPSA) is 46.6 Å². The highest BCUT2D eigenvalue weighted by Gasteiger charge is 2.26. The average molecular weight is 342 g/mol. The Labute approximate surface area is 128 Å². The molecule has 0 saturated carbocycles. The Morgan fingerprint density at radius 2 is 2.00 bits per heavy atom. The van der Waals surface area contributed by atoms with Crippen LogP contribution < -0.4 is 0 Å². The number of ether oxygens (including phenoxy) is 1. The van der Waals surface area contributed by atoms with Gasteiger partial charge in [0.1, 0.15) is 17.9 Å². The molecule has 0 bridgehead atoms. The van der Waals surface area contributed by atoms with Gasteiger partial charge in [0.15, 0.2) is 0 Å². The summed E-state index contributed by atoms with van der Waals surface area (Å²) in [6.07, 6.45) is 0.224. The van der Waals surface area contributed by atoms with Gasteiger partial charge in [-0.05, 0) is 44.9 Å². The first-order chi connectivity index (χ1) is 9.15. The Morgan fingerprint density at radius 3 is 2.45 bits per heavy atom. The molecular weight excluding hydrogens is 322 g/mol. The zero-order valence-corrected chi connectivity index (χ0v) is 14.0. The number of aldehydes is 1. The smallest absolute Gasteiger partial charge is 0.410 e. The van der Waals surface area contributed by atoms with E-state index in [-0.39, 0.29) is 0 Å². The van der Waals surface area contributed by atoms with Gasteiger partial charge < -0.3 is 9.53 Å². The summed E-state index contributed by atoms with van der Waals surface area (Å²) in [5.41, 5.74) is 1.18. The molecule has 0 spiro atoms. The van der Waals surface area contributed by atoms with Crippen molar-refractivity contribution >= 4 is 28.3 Å². The second kappa shape index (κ2) is 6.39. The monoisotopic (exact) mass is 341 g/mol. The van der Waals surface area contributed by atoms with E-state index >= 15 is 0 Å².